The molecule has 2 aliphatic rings. The summed E-state index contributed by atoms with van der Waals surface area (Å²) in [5, 5.41) is 4.28. The van der Waals surface area contributed by atoms with Gasteiger partial charge in [0.25, 0.3) is 0 Å². The van der Waals surface area contributed by atoms with Crippen LogP contribution in [0.4, 0.5) is 0 Å². The fourth-order valence-corrected chi connectivity index (χ4v) is 4.66. The summed E-state index contributed by atoms with van der Waals surface area (Å²) in [7, 11) is 0. The van der Waals surface area contributed by atoms with Crippen molar-refractivity contribution >= 4 is 22.7 Å². The third kappa shape index (κ3) is 3.87. The molecular weight excluding hydrogens is 338 g/mol. The highest BCUT2D eigenvalue weighted by atomic mass is 16.2. The Labute approximate surface area is 160 Å². The van der Waals surface area contributed by atoms with Gasteiger partial charge < -0.3 is 15.2 Å². The molecule has 1 aliphatic heterocycles. The van der Waals surface area contributed by atoms with Crippen LogP contribution < -0.4 is 5.32 Å². The average molecular weight is 367 g/mol. The summed E-state index contributed by atoms with van der Waals surface area (Å²) in [6.07, 6.45) is 10.0. The molecular formula is C22H29N3O2. The number of aromatic nitrogens is 1. The molecule has 1 aliphatic carbocycles. The first kappa shape index (κ1) is 18.1. The zero-order valence-corrected chi connectivity index (χ0v) is 15.9. The predicted molar refractivity (Wildman–Crippen MR) is 106 cm³/mol. The largest absolute Gasteiger partial charge is 0.361 e. The lowest BCUT2D eigenvalue weighted by atomic mass is 9.88. The molecule has 1 aromatic heterocycles. The van der Waals surface area contributed by atoms with Gasteiger partial charge in [0.1, 0.15) is 6.04 Å². The van der Waals surface area contributed by atoms with Crippen molar-refractivity contribution in [3.63, 3.8) is 0 Å². The van der Waals surface area contributed by atoms with Crippen LogP contribution in [-0.2, 0) is 16.0 Å². The van der Waals surface area contributed by atoms with Gasteiger partial charge in [0.15, 0.2) is 0 Å². The van der Waals surface area contributed by atoms with Crippen molar-refractivity contribution in [2.75, 3.05) is 13.1 Å². The smallest absolute Gasteiger partial charge is 0.242 e. The first-order valence-electron chi connectivity index (χ1n) is 10.4. The molecule has 2 aromatic rings. The second-order valence-electron chi connectivity index (χ2n) is 7.93. The Morgan fingerprint density at radius 3 is 2.74 bits per heavy atom. The third-order valence-corrected chi connectivity index (χ3v) is 6.16. The summed E-state index contributed by atoms with van der Waals surface area (Å²) >= 11 is 0. The van der Waals surface area contributed by atoms with Crippen molar-refractivity contribution in [1.82, 2.24) is 15.2 Å². The maximum atomic E-state index is 12.9. The minimum absolute atomic E-state index is 0.0106. The molecule has 144 valence electrons. The number of carbonyl (C=O) groups is 2. The van der Waals surface area contributed by atoms with Gasteiger partial charge in [-0.3, -0.25) is 9.59 Å². The number of fused-ring (bicyclic) bond motifs is 1. The normalized spacial score (nSPS) is 20.9. The van der Waals surface area contributed by atoms with Crippen molar-refractivity contribution < 1.29 is 9.59 Å². The van der Waals surface area contributed by atoms with E-state index in [0.717, 1.165) is 57.0 Å². The van der Waals surface area contributed by atoms with Crippen LogP contribution in [0.1, 0.15) is 50.5 Å². The van der Waals surface area contributed by atoms with E-state index in [4.69, 9.17) is 0 Å². The predicted octanol–water partition coefficient (Wildman–Crippen LogP) is 3.40. The van der Waals surface area contributed by atoms with E-state index in [2.05, 4.69) is 22.4 Å². The molecule has 0 spiro atoms. The zero-order chi connectivity index (χ0) is 18.6. The first-order valence-corrected chi connectivity index (χ1v) is 10.4. The Kier molecular flexibility index (Phi) is 5.46. The molecule has 2 amide bonds. The molecule has 5 heteroatoms. The quantitative estimate of drug-likeness (QED) is 0.851. The topological polar surface area (TPSA) is 65.2 Å². The van der Waals surface area contributed by atoms with Crippen LogP contribution in [0.2, 0.25) is 0 Å². The molecule has 1 saturated carbocycles. The summed E-state index contributed by atoms with van der Waals surface area (Å²) in [4.78, 5) is 30.7. The number of rotatable bonds is 5. The number of likely N-dealkylation sites (tertiary alicyclic amines) is 1. The van der Waals surface area contributed by atoms with Crippen molar-refractivity contribution in [3.05, 3.63) is 36.0 Å². The number of carbonyl (C=O) groups excluding carboxylic acids is 2. The summed E-state index contributed by atoms with van der Waals surface area (Å²) in [6.45, 7) is 1.33. The monoisotopic (exact) mass is 367 g/mol. The molecule has 2 N–H and O–H groups in total. The van der Waals surface area contributed by atoms with Gasteiger partial charge in [0, 0.05) is 36.1 Å². The van der Waals surface area contributed by atoms with E-state index >= 15 is 0 Å². The molecule has 4 rings (SSSR count). The average Bonchev–Trinajstić information content (AvgIpc) is 3.36. The van der Waals surface area contributed by atoms with Gasteiger partial charge in [-0.15, -0.1) is 0 Å². The van der Waals surface area contributed by atoms with Gasteiger partial charge in [0.2, 0.25) is 11.8 Å². The highest BCUT2D eigenvalue weighted by molar-refractivity contribution is 5.89. The van der Waals surface area contributed by atoms with Gasteiger partial charge in [-0.1, -0.05) is 37.5 Å². The molecule has 27 heavy (non-hydrogen) atoms. The van der Waals surface area contributed by atoms with Crippen LogP contribution >= 0.6 is 0 Å². The van der Waals surface area contributed by atoms with Crippen molar-refractivity contribution in [1.29, 1.82) is 0 Å². The second kappa shape index (κ2) is 8.15. The van der Waals surface area contributed by atoms with E-state index in [1.165, 1.54) is 17.4 Å². The Hall–Kier alpha value is -2.30. The minimum Gasteiger partial charge on any atom is -0.361 e. The van der Waals surface area contributed by atoms with Crippen LogP contribution in [0.15, 0.2) is 30.5 Å². The fourth-order valence-electron chi connectivity index (χ4n) is 4.66. The maximum Gasteiger partial charge on any atom is 0.242 e. The second-order valence-corrected chi connectivity index (χ2v) is 7.93. The van der Waals surface area contributed by atoms with Crippen LogP contribution in [0.3, 0.4) is 0 Å². The standard InChI is InChI=1S/C22H29N3O2/c26-21(23-13-12-17-15-24-19-10-5-4-9-18(17)19)20-11-6-14-25(20)22(27)16-7-2-1-3-8-16/h4-5,9-10,15-16,20,24H,1-3,6-8,11-14H2,(H,23,26). The summed E-state index contributed by atoms with van der Waals surface area (Å²) in [5.74, 6) is 0.360. The molecule has 1 unspecified atom stereocenters. The van der Waals surface area contributed by atoms with Gasteiger partial charge in [-0.25, -0.2) is 0 Å². The van der Waals surface area contributed by atoms with E-state index in [1.54, 1.807) is 0 Å². The number of aromatic amines is 1. The Bertz CT molecular complexity index is 807. The number of hydrogen-bond acceptors (Lipinski definition) is 2. The number of hydrogen-bond donors (Lipinski definition) is 2. The van der Waals surface area contributed by atoms with E-state index in [0.29, 0.717) is 6.54 Å². The molecule has 2 fully saturated rings. The summed E-state index contributed by atoms with van der Waals surface area (Å²) < 4.78 is 0. The minimum atomic E-state index is -0.276. The molecule has 1 atom stereocenters. The zero-order valence-electron chi connectivity index (χ0n) is 15.9. The molecule has 1 saturated heterocycles. The molecule has 0 radical (unpaired) electrons. The lowest BCUT2D eigenvalue weighted by molar-refractivity contribution is -0.142. The number of H-pyrrole nitrogens is 1. The van der Waals surface area contributed by atoms with Crippen LogP contribution in [0, 0.1) is 5.92 Å². The lowest BCUT2D eigenvalue weighted by Crippen LogP contribution is -2.48. The molecule has 1 aromatic carbocycles. The van der Waals surface area contributed by atoms with Gasteiger partial charge >= 0.3 is 0 Å². The number of nitrogens with one attached hydrogen (secondary N) is 2. The van der Waals surface area contributed by atoms with Crippen LogP contribution in [-0.4, -0.2) is 40.8 Å². The number of para-hydroxylation sites is 1. The fraction of sp³-hybridized carbons (Fsp3) is 0.545. The van der Waals surface area contributed by atoms with Crippen molar-refractivity contribution in [3.8, 4) is 0 Å². The van der Waals surface area contributed by atoms with E-state index in [1.807, 2.05) is 23.2 Å². The highest BCUT2D eigenvalue weighted by Gasteiger charge is 2.37. The first-order chi connectivity index (χ1) is 13.2. The molecule has 0 bridgehead atoms. The van der Waals surface area contributed by atoms with Crippen LogP contribution in [0.25, 0.3) is 10.9 Å². The molecule has 5 nitrogen and oxygen atoms in total. The highest BCUT2D eigenvalue weighted by Crippen LogP contribution is 2.28. The lowest BCUT2D eigenvalue weighted by Gasteiger charge is -2.30. The Balaban J connectivity index is 1.32. The van der Waals surface area contributed by atoms with E-state index < -0.39 is 0 Å². The van der Waals surface area contributed by atoms with Crippen molar-refractivity contribution in [2.45, 2.75) is 57.4 Å². The summed E-state index contributed by atoms with van der Waals surface area (Å²) in [6, 6.07) is 7.94. The maximum absolute atomic E-state index is 12.9. The number of nitrogens with zero attached hydrogens (tertiary/aromatic N) is 1. The molecule has 2 heterocycles. The third-order valence-electron chi connectivity index (χ3n) is 6.16. The SMILES string of the molecule is O=C(NCCc1c[nH]c2ccccc12)C1CCCN1C(=O)C1CCCCC1. The number of amides is 2. The van der Waals surface area contributed by atoms with Crippen LogP contribution in [0.5, 0.6) is 0 Å². The van der Waals surface area contributed by atoms with Gasteiger partial charge in [0.05, 0.1) is 0 Å². The van der Waals surface area contributed by atoms with E-state index in [-0.39, 0.29) is 23.8 Å². The number of benzene rings is 1. The summed E-state index contributed by atoms with van der Waals surface area (Å²) in [5.41, 5.74) is 2.34. The Morgan fingerprint density at radius 1 is 1.07 bits per heavy atom. The van der Waals surface area contributed by atoms with E-state index in [9.17, 15) is 9.59 Å². The van der Waals surface area contributed by atoms with Crippen molar-refractivity contribution in [2.24, 2.45) is 5.92 Å². The Morgan fingerprint density at radius 2 is 1.89 bits per heavy atom. The van der Waals surface area contributed by atoms with Gasteiger partial charge in [-0.05, 0) is 43.7 Å². The van der Waals surface area contributed by atoms with Gasteiger partial charge in [-0.2, -0.15) is 0 Å².